The average Bonchev–Trinajstić information content (AvgIpc) is 2.78. The standard InChI is InChI=1S/C26H32N2O3/c1-27-25(29)21-5-2-4-19(16-21)18-30-23-8-9-24-20(17-23)10-11-26(31-24)12-14-28(15-13-26)22-6-3-7-22/h2,4-5,8-9,16-17,22H,3,6-7,10-15,18H2,1H3,(H,27,29). The van der Waals surface area contributed by atoms with Gasteiger partial charge < -0.3 is 19.7 Å². The van der Waals surface area contributed by atoms with Crippen LogP contribution in [0, 0.1) is 0 Å². The van der Waals surface area contributed by atoms with E-state index in [-0.39, 0.29) is 11.5 Å². The Hall–Kier alpha value is -2.53. The number of nitrogens with one attached hydrogen (secondary N) is 1. The highest BCUT2D eigenvalue weighted by Crippen LogP contribution is 2.41. The predicted molar refractivity (Wildman–Crippen MR) is 121 cm³/mol. The molecule has 1 saturated carbocycles. The van der Waals surface area contributed by atoms with Crippen molar-refractivity contribution >= 4 is 5.91 Å². The van der Waals surface area contributed by atoms with Gasteiger partial charge in [-0.2, -0.15) is 0 Å². The molecule has 2 heterocycles. The number of likely N-dealkylation sites (tertiary alicyclic amines) is 1. The first-order valence-electron chi connectivity index (χ1n) is 11.6. The molecule has 0 aromatic heterocycles. The molecule has 31 heavy (non-hydrogen) atoms. The van der Waals surface area contributed by atoms with Crippen molar-refractivity contribution in [3.8, 4) is 11.5 Å². The fourth-order valence-corrected chi connectivity index (χ4v) is 5.10. The van der Waals surface area contributed by atoms with Crippen LogP contribution in [-0.2, 0) is 13.0 Å². The number of rotatable bonds is 5. The summed E-state index contributed by atoms with van der Waals surface area (Å²) in [5.41, 5.74) is 2.89. The molecule has 2 fully saturated rings. The second-order valence-corrected chi connectivity index (χ2v) is 9.24. The smallest absolute Gasteiger partial charge is 0.251 e. The molecule has 5 rings (SSSR count). The van der Waals surface area contributed by atoms with E-state index < -0.39 is 0 Å². The van der Waals surface area contributed by atoms with E-state index in [4.69, 9.17) is 9.47 Å². The zero-order chi connectivity index (χ0) is 21.3. The van der Waals surface area contributed by atoms with Gasteiger partial charge in [0.2, 0.25) is 0 Å². The van der Waals surface area contributed by atoms with Crippen molar-refractivity contribution in [3.05, 3.63) is 59.2 Å². The van der Waals surface area contributed by atoms with Gasteiger partial charge in [0.1, 0.15) is 23.7 Å². The highest BCUT2D eigenvalue weighted by Gasteiger charge is 2.41. The molecule has 5 nitrogen and oxygen atoms in total. The summed E-state index contributed by atoms with van der Waals surface area (Å²) in [4.78, 5) is 14.5. The van der Waals surface area contributed by atoms with E-state index in [9.17, 15) is 4.79 Å². The van der Waals surface area contributed by atoms with Gasteiger partial charge in [0.15, 0.2) is 0 Å². The molecule has 1 aliphatic carbocycles. The topological polar surface area (TPSA) is 50.8 Å². The summed E-state index contributed by atoms with van der Waals surface area (Å²) in [5, 5.41) is 2.66. The molecule has 0 bridgehead atoms. The molecule has 1 spiro atoms. The van der Waals surface area contributed by atoms with Crippen LogP contribution in [0.4, 0.5) is 0 Å². The van der Waals surface area contributed by atoms with E-state index in [1.54, 1.807) is 7.05 Å². The Kier molecular flexibility index (Phi) is 5.61. The molecule has 2 aliphatic heterocycles. The molecule has 1 saturated heterocycles. The van der Waals surface area contributed by atoms with Crippen molar-refractivity contribution in [2.45, 2.75) is 63.2 Å². The summed E-state index contributed by atoms with van der Waals surface area (Å²) in [6.45, 7) is 2.79. The lowest BCUT2D eigenvalue weighted by molar-refractivity contribution is -0.0337. The van der Waals surface area contributed by atoms with Crippen molar-refractivity contribution in [2.75, 3.05) is 20.1 Å². The Labute approximate surface area is 184 Å². The third-order valence-corrected chi connectivity index (χ3v) is 7.33. The van der Waals surface area contributed by atoms with Gasteiger partial charge in [-0.1, -0.05) is 18.6 Å². The predicted octanol–water partition coefficient (Wildman–Crippen LogP) is 4.34. The van der Waals surface area contributed by atoms with Gasteiger partial charge in [-0.3, -0.25) is 4.79 Å². The number of hydrogen-bond acceptors (Lipinski definition) is 4. The van der Waals surface area contributed by atoms with Crippen molar-refractivity contribution in [3.63, 3.8) is 0 Å². The molecule has 2 aromatic rings. The fraction of sp³-hybridized carbons (Fsp3) is 0.500. The molecule has 2 aromatic carbocycles. The van der Waals surface area contributed by atoms with Gasteiger partial charge in [0, 0.05) is 31.7 Å². The Morgan fingerprint density at radius 1 is 1.16 bits per heavy atom. The monoisotopic (exact) mass is 420 g/mol. The third kappa shape index (κ3) is 4.29. The Bertz CT molecular complexity index is 945. The number of aryl methyl sites for hydroxylation is 1. The first-order valence-corrected chi connectivity index (χ1v) is 11.6. The lowest BCUT2D eigenvalue weighted by Gasteiger charge is -2.48. The summed E-state index contributed by atoms with van der Waals surface area (Å²) in [6, 6.07) is 14.6. The number of carbonyl (C=O) groups excluding carboxylic acids is 1. The maximum atomic E-state index is 11.8. The quantitative estimate of drug-likeness (QED) is 0.782. The first-order chi connectivity index (χ1) is 15.1. The van der Waals surface area contributed by atoms with E-state index in [2.05, 4.69) is 22.3 Å². The van der Waals surface area contributed by atoms with Crippen LogP contribution in [0.15, 0.2) is 42.5 Å². The van der Waals surface area contributed by atoms with Crippen LogP contribution in [0.5, 0.6) is 11.5 Å². The van der Waals surface area contributed by atoms with Gasteiger partial charge >= 0.3 is 0 Å². The lowest BCUT2D eigenvalue weighted by Crippen LogP contribution is -2.53. The Balaban J connectivity index is 1.20. The number of hydrogen-bond donors (Lipinski definition) is 1. The Morgan fingerprint density at radius 2 is 2.00 bits per heavy atom. The maximum absolute atomic E-state index is 11.8. The first kappa shape index (κ1) is 20.4. The SMILES string of the molecule is CNC(=O)c1cccc(COc2ccc3c(c2)CCC2(CCN(C4CCC4)CC2)O3)c1. The van der Waals surface area contributed by atoms with Crippen LogP contribution in [0.2, 0.25) is 0 Å². The van der Waals surface area contributed by atoms with Crippen molar-refractivity contribution in [1.29, 1.82) is 0 Å². The lowest BCUT2D eigenvalue weighted by atomic mass is 9.81. The van der Waals surface area contributed by atoms with Gasteiger partial charge in [0.05, 0.1) is 0 Å². The minimum absolute atomic E-state index is 0.0237. The van der Waals surface area contributed by atoms with Crippen LogP contribution in [0.25, 0.3) is 0 Å². The zero-order valence-electron chi connectivity index (χ0n) is 18.4. The Morgan fingerprint density at radius 3 is 2.74 bits per heavy atom. The van der Waals surface area contributed by atoms with Gasteiger partial charge in [-0.25, -0.2) is 0 Å². The molecular weight excluding hydrogens is 388 g/mol. The van der Waals surface area contributed by atoms with Crippen LogP contribution in [-0.4, -0.2) is 42.6 Å². The molecule has 5 heteroatoms. The summed E-state index contributed by atoms with van der Waals surface area (Å²) in [6.07, 6.45) is 8.59. The number of benzene rings is 2. The molecule has 164 valence electrons. The highest BCUT2D eigenvalue weighted by molar-refractivity contribution is 5.94. The highest BCUT2D eigenvalue weighted by atomic mass is 16.5. The number of carbonyl (C=O) groups is 1. The molecule has 0 radical (unpaired) electrons. The van der Waals surface area contributed by atoms with Crippen molar-refractivity contribution in [1.82, 2.24) is 10.2 Å². The van der Waals surface area contributed by atoms with E-state index in [1.165, 1.54) is 37.9 Å². The summed E-state index contributed by atoms with van der Waals surface area (Å²) in [7, 11) is 1.64. The molecule has 0 unspecified atom stereocenters. The molecular formula is C26H32N2O3. The van der Waals surface area contributed by atoms with Gasteiger partial charge in [0.25, 0.3) is 5.91 Å². The normalized spacial score (nSPS) is 20.4. The van der Waals surface area contributed by atoms with Crippen LogP contribution >= 0.6 is 0 Å². The van der Waals surface area contributed by atoms with Crippen LogP contribution in [0.3, 0.4) is 0 Å². The zero-order valence-corrected chi connectivity index (χ0v) is 18.4. The molecule has 0 atom stereocenters. The second-order valence-electron chi connectivity index (χ2n) is 9.24. The second kappa shape index (κ2) is 8.54. The van der Waals surface area contributed by atoms with Crippen molar-refractivity contribution in [2.24, 2.45) is 0 Å². The molecule has 1 amide bonds. The van der Waals surface area contributed by atoms with Crippen molar-refractivity contribution < 1.29 is 14.3 Å². The summed E-state index contributed by atoms with van der Waals surface area (Å²) in [5.74, 6) is 1.79. The number of nitrogens with zero attached hydrogens (tertiary/aromatic N) is 1. The molecule has 1 N–H and O–H groups in total. The largest absolute Gasteiger partial charge is 0.489 e. The summed E-state index contributed by atoms with van der Waals surface area (Å²) < 4.78 is 12.6. The van der Waals surface area contributed by atoms with Gasteiger partial charge in [-0.05, 0) is 80.0 Å². The number of piperidine rings is 1. The van der Waals surface area contributed by atoms with Gasteiger partial charge in [-0.15, -0.1) is 0 Å². The number of amides is 1. The number of ether oxygens (including phenoxy) is 2. The maximum Gasteiger partial charge on any atom is 0.251 e. The summed E-state index contributed by atoms with van der Waals surface area (Å²) >= 11 is 0. The van der Waals surface area contributed by atoms with E-state index >= 15 is 0 Å². The van der Waals surface area contributed by atoms with E-state index in [0.717, 1.165) is 48.8 Å². The van der Waals surface area contributed by atoms with Crippen LogP contribution in [0.1, 0.15) is 60.0 Å². The van der Waals surface area contributed by atoms with Crippen LogP contribution < -0.4 is 14.8 Å². The average molecular weight is 421 g/mol. The minimum Gasteiger partial charge on any atom is -0.489 e. The molecule has 3 aliphatic rings. The number of fused-ring (bicyclic) bond motifs is 1. The minimum atomic E-state index is -0.0831. The van der Waals surface area contributed by atoms with E-state index in [1.807, 2.05) is 30.3 Å². The third-order valence-electron chi connectivity index (χ3n) is 7.33. The fourth-order valence-electron chi connectivity index (χ4n) is 5.10. The van der Waals surface area contributed by atoms with E-state index in [0.29, 0.717) is 12.2 Å².